The molecular weight excluding hydrogens is 234 g/mol. The quantitative estimate of drug-likeness (QED) is 0.668. The zero-order chi connectivity index (χ0) is 12.1. The first-order chi connectivity index (χ1) is 8.27. The van der Waals surface area contributed by atoms with Gasteiger partial charge in [-0.15, -0.1) is 0 Å². The third kappa shape index (κ3) is 3.04. The van der Waals surface area contributed by atoms with E-state index in [4.69, 9.17) is 17.3 Å². The van der Waals surface area contributed by atoms with E-state index in [1.54, 1.807) is 18.5 Å². The fourth-order valence-corrected chi connectivity index (χ4v) is 1.63. The molecule has 2 aromatic rings. The Morgan fingerprint density at radius 3 is 2.71 bits per heavy atom. The predicted molar refractivity (Wildman–Crippen MR) is 71.4 cm³/mol. The molecule has 0 aliphatic heterocycles. The summed E-state index contributed by atoms with van der Waals surface area (Å²) in [5.74, 6) is 0. The number of aromatic nitrogens is 1. The topological polar surface area (TPSA) is 51.3 Å². The monoisotopic (exact) mass is 245 g/mol. The Bertz CT molecular complexity index is 503. The fraction of sp³-hybridized carbons (Fsp3) is 0.0769. The molecule has 4 heteroatoms. The van der Waals surface area contributed by atoms with Gasteiger partial charge in [0.15, 0.2) is 0 Å². The van der Waals surface area contributed by atoms with Gasteiger partial charge in [-0.1, -0.05) is 41.9 Å². The smallest absolute Gasteiger partial charge is 0.139 e. The van der Waals surface area contributed by atoms with Gasteiger partial charge in [0.1, 0.15) is 5.15 Å². The zero-order valence-electron chi connectivity index (χ0n) is 9.18. The zero-order valence-corrected chi connectivity index (χ0v) is 9.93. The number of hydrogen-bond donors (Lipinski definition) is 1. The van der Waals surface area contributed by atoms with Crippen molar-refractivity contribution >= 4 is 23.5 Å². The lowest BCUT2D eigenvalue weighted by Crippen LogP contribution is -1.96. The van der Waals surface area contributed by atoms with Crippen LogP contribution in [0.3, 0.4) is 0 Å². The Morgan fingerprint density at radius 2 is 2.00 bits per heavy atom. The number of anilines is 1. The highest BCUT2D eigenvalue weighted by molar-refractivity contribution is 6.32. The summed E-state index contributed by atoms with van der Waals surface area (Å²) in [6.07, 6.45) is 3.24. The maximum Gasteiger partial charge on any atom is 0.139 e. The Balaban J connectivity index is 2.11. The minimum Gasteiger partial charge on any atom is -0.398 e. The average Bonchev–Trinajstić information content (AvgIpc) is 2.34. The summed E-state index contributed by atoms with van der Waals surface area (Å²) in [6, 6.07) is 11.7. The Kier molecular flexibility index (Phi) is 3.73. The standard InChI is InChI=1S/C13H12ClN3/c14-13-11(12(15)6-7-17-13)9-16-8-10-4-2-1-3-5-10/h1-7,9H,8H2,(H2,15,17). The van der Waals surface area contributed by atoms with Gasteiger partial charge in [0.05, 0.1) is 12.1 Å². The van der Waals surface area contributed by atoms with E-state index in [1.807, 2.05) is 30.3 Å². The van der Waals surface area contributed by atoms with E-state index in [0.717, 1.165) is 5.56 Å². The van der Waals surface area contributed by atoms with Gasteiger partial charge < -0.3 is 5.73 Å². The van der Waals surface area contributed by atoms with Crippen LogP contribution in [-0.4, -0.2) is 11.2 Å². The number of nitrogen functional groups attached to an aromatic ring is 1. The van der Waals surface area contributed by atoms with Gasteiger partial charge in [0.2, 0.25) is 0 Å². The van der Waals surface area contributed by atoms with Crippen LogP contribution in [0.15, 0.2) is 47.6 Å². The van der Waals surface area contributed by atoms with Gasteiger partial charge in [-0.2, -0.15) is 0 Å². The van der Waals surface area contributed by atoms with Crippen LogP contribution < -0.4 is 5.73 Å². The minimum atomic E-state index is 0.377. The van der Waals surface area contributed by atoms with E-state index in [2.05, 4.69) is 9.98 Å². The van der Waals surface area contributed by atoms with E-state index in [1.165, 1.54) is 0 Å². The summed E-state index contributed by atoms with van der Waals surface area (Å²) >= 11 is 5.93. The number of nitrogens with two attached hydrogens (primary N) is 1. The van der Waals surface area contributed by atoms with Crippen molar-refractivity contribution in [3.05, 3.63) is 58.9 Å². The number of halogens is 1. The van der Waals surface area contributed by atoms with Crippen LogP contribution in [0, 0.1) is 0 Å². The van der Waals surface area contributed by atoms with Crippen LogP contribution in [-0.2, 0) is 6.54 Å². The van der Waals surface area contributed by atoms with Gasteiger partial charge in [-0.05, 0) is 11.6 Å². The second-order valence-corrected chi connectivity index (χ2v) is 3.92. The second kappa shape index (κ2) is 5.46. The molecule has 3 nitrogen and oxygen atoms in total. The Hall–Kier alpha value is -1.87. The molecule has 0 atom stereocenters. The molecule has 86 valence electrons. The van der Waals surface area contributed by atoms with Crippen molar-refractivity contribution in [1.82, 2.24) is 4.98 Å². The first-order valence-electron chi connectivity index (χ1n) is 5.21. The van der Waals surface area contributed by atoms with Crippen molar-refractivity contribution in [2.24, 2.45) is 4.99 Å². The van der Waals surface area contributed by atoms with Crippen LogP contribution in [0.2, 0.25) is 5.15 Å². The molecule has 0 saturated heterocycles. The van der Waals surface area contributed by atoms with Gasteiger partial charge >= 0.3 is 0 Å². The lowest BCUT2D eigenvalue weighted by Gasteiger charge is -2.01. The molecule has 0 radical (unpaired) electrons. The van der Waals surface area contributed by atoms with E-state index in [-0.39, 0.29) is 0 Å². The lowest BCUT2D eigenvalue weighted by molar-refractivity contribution is 1.08. The maximum absolute atomic E-state index is 5.93. The summed E-state index contributed by atoms with van der Waals surface area (Å²) in [5.41, 5.74) is 8.18. The number of pyridine rings is 1. The molecule has 1 aromatic heterocycles. The fourth-order valence-electron chi connectivity index (χ4n) is 1.41. The molecule has 0 aliphatic carbocycles. The molecule has 1 heterocycles. The van der Waals surface area contributed by atoms with Crippen molar-refractivity contribution in [1.29, 1.82) is 0 Å². The molecule has 2 rings (SSSR count). The second-order valence-electron chi connectivity index (χ2n) is 3.56. The van der Waals surface area contributed by atoms with Crippen LogP contribution in [0.4, 0.5) is 5.69 Å². The Morgan fingerprint density at radius 1 is 1.24 bits per heavy atom. The van der Waals surface area contributed by atoms with Crippen molar-refractivity contribution in [3.8, 4) is 0 Å². The van der Waals surface area contributed by atoms with Gasteiger partial charge in [-0.25, -0.2) is 4.98 Å². The van der Waals surface area contributed by atoms with Crippen LogP contribution in [0.1, 0.15) is 11.1 Å². The molecule has 17 heavy (non-hydrogen) atoms. The van der Waals surface area contributed by atoms with Crippen molar-refractivity contribution in [2.75, 3.05) is 5.73 Å². The summed E-state index contributed by atoms with van der Waals surface area (Å²) < 4.78 is 0. The van der Waals surface area contributed by atoms with Crippen LogP contribution in [0.5, 0.6) is 0 Å². The van der Waals surface area contributed by atoms with Crippen molar-refractivity contribution in [2.45, 2.75) is 6.54 Å². The van der Waals surface area contributed by atoms with Crippen LogP contribution >= 0.6 is 11.6 Å². The third-order valence-electron chi connectivity index (χ3n) is 2.31. The number of aliphatic imine (C=N–C) groups is 1. The lowest BCUT2D eigenvalue weighted by atomic mass is 10.2. The number of hydrogen-bond acceptors (Lipinski definition) is 3. The van der Waals surface area contributed by atoms with E-state index in [9.17, 15) is 0 Å². The normalized spacial score (nSPS) is 10.9. The molecule has 0 spiro atoms. The average molecular weight is 246 g/mol. The molecule has 0 unspecified atom stereocenters. The Labute approximate surface area is 105 Å². The van der Waals surface area contributed by atoms with Gasteiger partial charge in [0, 0.05) is 18.1 Å². The molecule has 1 aromatic carbocycles. The highest BCUT2D eigenvalue weighted by Crippen LogP contribution is 2.16. The molecular formula is C13H12ClN3. The summed E-state index contributed by atoms with van der Waals surface area (Å²) in [5, 5.41) is 0.377. The molecule has 0 fully saturated rings. The molecule has 0 aliphatic rings. The van der Waals surface area contributed by atoms with Crippen LogP contribution in [0.25, 0.3) is 0 Å². The van der Waals surface area contributed by atoms with E-state index < -0.39 is 0 Å². The van der Waals surface area contributed by atoms with Crippen molar-refractivity contribution < 1.29 is 0 Å². The first-order valence-corrected chi connectivity index (χ1v) is 5.59. The van der Waals surface area contributed by atoms with Gasteiger partial charge in [0.25, 0.3) is 0 Å². The highest BCUT2D eigenvalue weighted by atomic mass is 35.5. The predicted octanol–water partition coefficient (Wildman–Crippen LogP) is 2.94. The summed E-state index contributed by atoms with van der Waals surface area (Å²) in [4.78, 5) is 8.26. The molecule has 2 N–H and O–H groups in total. The largest absolute Gasteiger partial charge is 0.398 e. The molecule has 0 bridgehead atoms. The number of nitrogens with zero attached hydrogens (tertiary/aromatic N) is 2. The molecule has 0 amide bonds. The van der Waals surface area contributed by atoms with E-state index in [0.29, 0.717) is 22.9 Å². The third-order valence-corrected chi connectivity index (χ3v) is 2.61. The summed E-state index contributed by atoms with van der Waals surface area (Å²) in [6.45, 7) is 0.603. The van der Waals surface area contributed by atoms with Gasteiger partial charge in [-0.3, -0.25) is 4.99 Å². The molecule has 0 saturated carbocycles. The number of benzene rings is 1. The SMILES string of the molecule is Nc1ccnc(Cl)c1C=NCc1ccccc1. The number of rotatable bonds is 3. The first kappa shape index (κ1) is 11.6. The maximum atomic E-state index is 5.93. The summed E-state index contributed by atoms with van der Waals surface area (Å²) in [7, 11) is 0. The highest BCUT2D eigenvalue weighted by Gasteiger charge is 2.01. The minimum absolute atomic E-state index is 0.377. The van der Waals surface area contributed by atoms with Crippen molar-refractivity contribution in [3.63, 3.8) is 0 Å². The van der Waals surface area contributed by atoms with E-state index >= 15 is 0 Å².